The second-order valence-electron chi connectivity index (χ2n) is 5.47. The van der Waals surface area contributed by atoms with Crippen molar-refractivity contribution in [1.29, 1.82) is 5.26 Å². The quantitative estimate of drug-likeness (QED) is 0.565. The van der Waals surface area contributed by atoms with Crippen molar-refractivity contribution >= 4 is 45.3 Å². The molecule has 0 atom stereocenters. The van der Waals surface area contributed by atoms with Crippen LogP contribution in [0.25, 0.3) is 17.0 Å². The lowest BCUT2D eigenvalue weighted by Crippen LogP contribution is -2.13. The van der Waals surface area contributed by atoms with Gasteiger partial charge in [0.05, 0.1) is 5.52 Å². The summed E-state index contributed by atoms with van der Waals surface area (Å²) in [6, 6.07) is 9.22. The van der Waals surface area contributed by atoms with E-state index in [2.05, 4.69) is 15.5 Å². The highest BCUT2D eigenvalue weighted by Crippen LogP contribution is 2.24. The fourth-order valence-corrected chi connectivity index (χ4v) is 3.17. The van der Waals surface area contributed by atoms with E-state index in [1.165, 1.54) is 28.9 Å². The standard InChI is InChI=1S/C18H15N5O2S/c1-3-16-21-22-18(26-16)20-17(25)12(9-19)8-13-10-23(11(2)24)15-7-5-4-6-14(13)15/h4-8,10H,3H2,1-2H3,(H,20,22,25)/b12-8+. The predicted octanol–water partition coefficient (Wildman–Crippen LogP) is 3.26. The molecule has 0 spiro atoms. The molecule has 2 aromatic heterocycles. The lowest BCUT2D eigenvalue weighted by Gasteiger charge is -1.99. The second kappa shape index (κ2) is 7.29. The van der Waals surface area contributed by atoms with E-state index in [4.69, 9.17) is 0 Å². The number of nitrogens with one attached hydrogen (secondary N) is 1. The van der Waals surface area contributed by atoms with E-state index in [9.17, 15) is 14.9 Å². The Morgan fingerprint density at radius 1 is 1.35 bits per heavy atom. The third-order valence-corrected chi connectivity index (χ3v) is 4.72. The van der Waals surface area contributed by atoms with Gasteiger partial charge in [-0.3, -0.25) is 19.5 Å². The Morgan fingerprint density at radius 3 is 2.77 bits per heavy atom. The third kappa shape index (κ3) is 3.38. The van der Waals surface area contributed by atoms with Crippen molar-refractivity contribution in [2.24, 2.45) is 0 Å². The average molecular weight is 365 g/mol. The molecule has 0 aliphatic heterocycles. The number of anilines is 1. The van der Waals surface area contributed by atoms with Gasteiger partial charge in [0.15, 0.2) is 0 Å². The van der Waals surface area contributed by atoms with Crippen molar-refractivity contribution in [3.8, 4) is 6.07 Å². The number of carbonyl (C=O) groups is 2. The zero-order valence-corrected chi connectivity index (χ0v) is 15.0. The Bertz CT molecular complexity index is 1070. The Kier molecular flexibility index (Phi) is 4.91. The minimum atomic E-state index is -0.564. The number of benzene rings is 1. The number of nitriles is 1. The normalized spacial score (nSPS) is 11.3. The molecule has 1 N–H and O–H groups in total. The van der Waals surface area contributed by atoms with Gasteiger partial charge in [-0.15, -0.1) is 10.2 Å². The zero-order valence-electron chi connectivity index (χ0n) is 14.2. The van der Waals surface area contributed by atoms with Crippen molar-refractivity contribution in [3.05, 3.63) is 46.6 Å². The molecule has 26 heavy (non-hydrogen) atoms. The van der Waals surface area contributed by atoms with E-state index < -0.39 is 5.91 Å². The smallest absolute Gasteiger partial charge is 0.268 e. The van der Waals surface area contributed by atoms with E-state index in [1.807, 2.05) is 37.3 Å². The molecule has 3 aromatic rings. The minimum absolute atomic E-state index is 0.0790. The fourth-order valence-electron chi connectivity index (χ4n) is 2.50. The highest BCUT2D eigenvalue weighted by Gasteiger charge is 2.15. The van der Waals surface area contributed by atoms with Gasteiger partial charge in [0.1, 0.15) is 16.6 Å². The summed E-state index contributed by atoms with van der Waals surface area (Å²) < 4.78 is 1.49. The van der Waals surface area contributed by atoms with Crippen molar-refractivity contribution in [1.82, 2.24) is 14.8 Å². The van der Waals surface area contributed by atoms with Crippen molar-refractivity contribution in [2.75, 3.05) is 5.32 Å². The number of hydrogen-bond acceptors (Lipinski definition) is 6. The van der Waals surface area contributed by atoms with Crippen LogP contribution in [0, 0.1) is 11.3 Å². The number of rotatable bonds is 4. The van der Waals surface area contributed by atoms with Crippen LogP contribution in [0.15, 0.2) is 36.0 Å². The monoisotopic (exact) mass is 365 g/mol. The molecule has 7 nitrogen and oxygen atoms in total. The predicted molar refractivity (Wildman–Crippen MR) is 99.7 cm³/mol. The molecule has 8 heteroatoms. The van der Waals surface area contributed by atoms with Gasteiger partial charge in [-0.2, -0.15) is 5.26 Å². The lowest BCUT2D eigenvalue weighted by atomic mass is 10.1. The van der Waals surface area contributed by atoms with E-state index in [0.717, 1.165) is 22.3 Å². The van der Waals surface area contributed by atoms with Gasteiger partial charge >= 0.3 is 0 Å². The van der Waals surface area contributed by atoms with Crippen LogP contribution in [0.5, 0.6) is 0 Å². The van der Waals surface area contributed by atoms with Gasteiger partial charge < -0.3 is 0 Å². The number of carbonyl (C=O) groups excluding carboxylic acids is 2. The van der Waals surface area contributed by atoms with Crippen LogP contribution >= 0.6 is 11.3 Å². The summed E-state index contributed by atoms with van der Waals surface area (Å²) >= 11 is 1.27. The summed E-state index contributed by atoms with van der Waals surface area (Å²) in [6.07, 6.45) is 3.82. The summed E-state index contributed by atoms with van der Waals surface area (Å²) in [7, 11) is 0. The van der Waals surface area contributed by atoms with Crippen LogP contribution in [0.1, 0.15) is 29.2 Å². The number of aryl methyl sites for hydroxylation is 1. The second-order valence-corrected chi connectivity index (χ2v) is 6.53. The molecule has 2 heterocycles. The summed E-state index contributed by atoms with van der Waals surface area (Å²) in [5, 5.41) is 21.7. The number of nitrogens with zero attached hydrogens (tertiary/aromatic N) is 4. The molecular weight excluding hydrogens is 350 g/mol. The molecule has 130 valence electrons. The van der Waals surface area contributed by atoms with Gasteiger partial charge in [-0.25, -0.2) is 0 Å². The molecule has 3 rings (SSSR count). The number of aromatic nitrogens is 3. The molecular formula is C18H15N5O2S. The first-order chi connectivity index (χ1) is 12.5. The lowest BCUT2D eigenvalue weighted by molar-refractivity contribution is -0.112. The molecule has 0 fully saturated rings. The maximum Gasteiger partial charge on any atom is 0.268 e. The molecule has 0 bridgehead atoms. The minimum Gasteiger partial charge on any atom is -0.296 e. The number of para-hydroxylation sites is 1. The molecule has 0 saturated carbocycles. The highest BCUT2D eigenvalue weighted by atomic mass is 32.1. The molecule has 1 amide bonds. The first kappa shape index (κ1) is 17.5. The van der Waals surface area contributed by atoms with Crippen molar-refractivity contribution in [3.63, 3.8) is 0 Å². The van der Waals surface area contributed by atoms with Gasteiger partial charge in [0, 0.05) is 24.1 Å². The largest absolute Gasteiger partial charge is 0.296 e. The van der Waals surface area contributed by atoms with Crippen LogP contribution in [-0.2, 0) is 11.2 Å². The Morgan fingerprint density at radius 2 is 2.12 bits per heavy atom. The number of amides is 1. The Hall–Kier alpha value is -3.31. The molecule has 0 saturated heterocycles. The summed E-state index contributed by atoms with van der Waals surface area (Å²) in [5.41, 5.74) is 1.26. The number of fused-ring (bicyclic) bond motifs is 1. The fraction of sp³-hybridized carbons (Fsp3) is 0.167. The molecule has 0 aliphatic carbocycles. The van der Waals surface area contributed by atoms with Crippen LogP contribution in [0.2, 0.25) is 0 Å². The average Bonchev–Trinajstić information content (AvgIpc) is 3.24. The maximum atomic E-state index is 12.4. The van der Waals surface area contributed by atoms with Crippen molar-refractivity contribution < 1.29 is 9.59 Å². The van der Waals surface area contributed by atoms with Gasteiger partial charge in [-0.1, -0.05) is 36.5 Å². The Balaban J connectivity index is 1.96. The highest BCUT2D eigenvalue weighted by molar-refractivity contribution is 7.15. The zero-order chi connectivity index (χ0) is 18.7. The van der Waals surface area contributed by atoms with Crippen molar-refractivity contribution in [2.45, 2.75) is 20.3 Å². The Labute approximate surface area is 153 Å². The molecule has 0 radical (unpaired) electrons. The van der Waals surface area contributed by atoms with Gasteiger partial charge in [0.25, 0.3) is 5.91 Å². The van der Waals surface area contributed by atoms with Gasteiger partial charge in [0.2, 0.25) is 11.0 Å². The van der Waals surface area contributed by atoms with Crippen LogP contribution in [0.4, 0.5) is 5.13 Å². The first-order valence-corrected chi connectivity index (χ1v) is 8.71. The first-order valence-electron chi connectivity index (χ1n) is 7.90. The van der Waals surface area contributed by atoms with Crippen LogP contribution < -0.4 is 5.32 Å². The maximum absolute atomic E-state index is 12.4. The summed E-state index contributed by atoms with van der Waals surface area (Å²) in [5.74, 6) is -0.712. The third-order valence-electron chi connectivity index (χ3n) is 3.74. The molecule has 0 aliphatic rings. The number of hydrogen-bond donors (Lipinski definition) is 1. The molecule has 1 aromatic carbocycles. The van der Waals surface area contributed by atoms with Crippen LogP contribution in [0.3, 0.4) is 0 Å². The topological polar surface area (TPSA) is 101 Å². The van der Waals surface area contributed by atoms with E-state index in [-0.39, 0.29) is 11.5 Å². The van der Waals surface area contributed by atoms with E-state index in [0.29, 0.717) is 10.7 Å². The van der Waals surface area contributed by atoms with E-state index in [1.54, 1.807) is 6.20 Å². The van der Waals surface area contributed by atoms with E-state index >= 15 is 0 Å². The van der Waals surface area contributed by atoms with Gasteiger partial charge in [-0.05, 0) is 18.6 Å². The summed E-state index contributed by atoms with van der Waals surface area (Å²) in [6.45, 7) is 3.40. The van der Waals surface area contributed by atoms with Crippen LogP contribution in [-0.4, -0.2) is 26.6 Å². The summed E-state index contributed by atoms with van der Waals surface area (Å²) in [4.78, 5) is 24.2. The SMILES string of the molecule is CCc1nnc(NC(=O)/C(C#N)=C/c2cn(C(C)=O)c3ccccc23)s1. The molecule has 0 unspecified atom stereocenters.